The van der Waals surface area contributed by atoms with Gasteiger partial charge >= 0.3 is 0 Å². The second-order valence-electron chi connectivity index (χ2n) is 4.86. The number of carbonyl (C=O) groups excluding carboxylic acids is 1. The van der Waals surface area contributed by atoms with Gasteiger partial charge < -0.3 is 15.4 Å². The lowest BCUT2D eigenvalue weighted by molar-refractivity contribution is 0.0987. The van der Waals surface area contributed by atoms with E-state index in [0.717, 1.165) is 6.42 Å². The Morgan fingerprint density at radius 3 is 2.86 bits per heavy atom. The van der Waals surface area contributed by atoms with Crippen molar-refractivity contribution in [3.8, 4) is 5.75 Å². The first-order valence-electron chi connectivity index (χ1n) is 6.75. The van der Waals surface area contributed by atoms with E-state index in [2.05, 4.69) is 0 Å². The number of nitrogens with two attached hydrogens (primary N) is 1. The van der Waals surface area contributed by atoms with E-state index in [1.807, 2.05) is 24.3 Å². The molecule has 21 heavy (non-hydrogen) atoms. The smallest absolute Gasteiger partial charge is 0.258 e. The van der Waals surface area contributed by atoms with Gasteiger partial charge in [0.25, 0.3) is 5.91 Å². The van der Waals surface area contributed by atoms with Gasteiger partial charge in [0.05, 0.1) is 18.0 Å². The van der Waals surface area contributed by atoms with Crippen LogP contribution in [0.3, 0.4) is 0 Å². The van der Waals surface area contributed by atoms with Crippen LogP contribution in [0, 0.1) is 5.82 Å². The lowest BCUT2D eigenvalue weighted by atomic mass is 10.1. The van der Waals surface area contributed by atoms with Gasteiger partial charge in [0.1, 0.15) is 11.6 Å². The molecule has 0 radical (unpaired) electrons. The molecule has 1 aliphatic rings. The Morgan fingerprint density at radius 1 is 1.24 bits per heavy atom. The van der Waals surface area contributed by atoms with Crippen LogP contribution in [0.25, 0.3) is 0 Å². The van der Waals surface area contributed by atoms with E-state index in [4.69, 9.17) is 10.5 Å². The number of fused-ring (bicyclic) bond motifs is 1. The first kappa shape index (κ1) is 13.4. The van der Waals surface area contributed by atoms with Crippen molar-refractivity contribution in [1.29, 1.82) is 0 Å². The molecule has 0 aliphatic carbocycles. The SMILES string of the molecule is Nc1ccc(C(=O)N2CCCOc3ccccc32)cc1F. The van der Waals surface area contributed by atoms with Crippen molar-refractivity contribution in [3.63, 3.8) is 0 Å². The fraction of sp³-hybridized carbons (Fsp3) is 0.188. The summed E-state index contributed by atoms with van der Waals surface area (Å²) in [6.45, 7) is 1.08. The highest BCUT2D eigenvalue weighted by Gasteiger charge is 2.23. The Kier molecular flexibility index (Phi) is 3.48. The van der Waals surface area contributed by atoms with Crippen molar-refractivity contribution >= 4 is 17.3 Å². The molecule has 1 heterocycles. The maximum Gasteiger partial charge on any atom is 0.258 e. The zero-order valence-electron chi connectivity index (χ0n) is 11.4. The summed E-state index contributed by atoms with van der Waals surface area (Å²) in [5, 5.41) is 0. The van der Waals surface area contributed by atoms with Gasteiger partial charge in [0.2, 0.25) is 0 Å². The number of benzene rings is 2. The van der Waals surface area contributed by atoms with Gasteiger partial charge in [0, 0.05) is 12.1 Å². The molecule has 0 spiro atoms. The van der Waals surface area contributed by atoms with Crippen LogP contribution in [0.15, 0.2) is 42.5 Å². The molecule has 2 N–H and O–H groups in total. The lowest BCUT2D eigenvalue weighted by Gasteiger charge is -2.21. The van der Waals surface area contributed by atoms with Crippen molar-refractivity contribution in [2.75, 3.05) is 23.8 Å². The molecule has 0 aromatic heterocycles. The third-order valence-electron chi connectivity index (χ3n) is 3.43. The van der Waals surface area contributed by atoms with Gasteiger partial charge in [-0.25, -0.2) is 4.39 Å². The molecular weight excluding hydrogens is 271 g/mol. The van der Waals surface area contributed by atoms with Crippen LogP contribution >= 0.6 is 0 Å². The number of carbonyl (C=O) groups is 1. The first-order valence-corrected chi connectivity index (χ1v) is 6.75. The summed E-state index contributed by atoms with van der Waals surface area (Å²) in [5.41, 5.74) is 6.46. The van der Waals surface area contributed by atoms with E-state index < -0.39 is 5.82 Å². The molecule has 0 unspecified atom stereocenters. The largest absolute Gasteiger partial charge is 0.491 e. The van der Waals surface area contributed by atoms with Gasteiger partial charge in [-0.2, -0.15) is 0 Å². The number of hydrogen-bond acceptors (Lipinski definition) is 3. The molecule has 0 fully saturated rings. The maximum atomic E-state index is 13.6. The standard InChI is InChI=1S/C16H15FN2O2/c17-12-10-11(6-7-13(12)18)16(20)19-8-3-9-21-15-5-2-1-4-14(15)19/h1-2,4-7,10H,3,8-9,18H2. The molecule has 1 amide bonds. The quantitative estimate of drug-likeness (QED) is 0.820. The lowest BCUT2D eigenvalue weighted by Crippen LogP contribution is -2.31. The number of halogens is 1. The zero-order chi connectivity index (χ0) is 14.8. The normalized spacial score (nSPS) is 14.0. The van der Waals surface area contributed by atoms with E-state index in [0.29, 0.717) is 24.6 Å². The summed E-state index contributed by atoms with van der Waals surface area (Å²) in [6.07, 6.45) is 0.720. The molecule has 2 aromatic carbocycles. The van der Waals surface area contributed by atoms with Crippen LogP contribution in [0.4, 0.5) is 15.8 Å². The topological polar surface area (TPSA) is 55.6 Å². The van der Waals surface area contributed by atoms with Crippen LogP contribution < -0.4 is 15.4 Å². The van der Waals surface area contributed by atoms with Crippen molar-refractivity contribution in [2.24, 2.45) is 0 Å². The molecule has 5 heteroatoms. The average molecular weight is 286 g/mol. The summed E-state index contributed by atoms with van der Waals surface area (Å²) in [6, 6.07) is 11.5. The van der Waals surface area contributed by atoms with Crippen LogP contribution in [0.5, 0.6) is 5.75 Å². The molecule has 1 aliphatic heterocycles. The molecule has 4 nitrogen and oxygen atoms in total. The monoisotopic (exact) mass is 286 g/mol. The molecule has 0 saturated heterocycles. The Morgan fingerprint density at radius 2 is 2.05 bits per heavy atom. The minimum Gasteiger partial charge on any atom is -0.491 e. The predicted octanol–water partition coefficient (Wildman–Crippen LogP) is 2.84. The van der Waals surface area contributed by atoms with Crippen LogP contribution in [-0.4, -0.2) is 19.1 Å². The van der Waals surface area contributed by atoms with Crippen molar-refractivity contribution < 1.29 is 13.9 Å². The van der Waals surface area contributed by atoms with E-state index in [1.54, 1.807) is 4.90 Å². The van der Waals surface area contributed by atoms with Crippen LogP contribution in [0.1, 0.15) is 16.8 Å². The predicted molar refractivity (Wildman–Crippen MR) is 79.0 cm³/mol. The molecule has 0 atom stereocenters. The van der Waals surface area contributed by atoms with Crippen LogP contribution in [-0.2, 0) is 0 Å². The summed E-state index contributed by atoms with van der Waals surface area (Å²) >= 11 is 0. The van der Waals surface area contributed by atoms with E-state index in [9.17, 15) is 9.18 Å². The summed E-state index contributed by atoms with van der Waals surface area (Å²) in [5.74, 6) is -0.175. The molecule has 0 saturated carbocycles. The minimum atomic E-state index is -0.583. The number of nitrogen functional groups attached to an aromatic ring is 1. The van der Waals surface area contributed by atoms with E-state index in [-0.39, 0.29) is 17.2 Å². The number of amides is 1. The zero-order valence-corrected chi connectivity index (χ0v) is 11.4. The molecule has 0 bridgehead atoms. The minimum absolute atomic E-state index is 0.0335. The Balaban J connectivity index is 1.99. The Hall–Kier alpha value is -2.56. The summed E-state index contributed by atoms with van der Waals surface area (Å²) in [7, 11) is 0. The number of hydrogen-bond donors (Lipinski definition) is 1. The second kappa shape index (κ2) is 5.44. The summed E-state index contributed by atoms with van der Waals surface area (Å²) < 4.78 is 19.2. The highest BCUT2D eigenvalue weighted by atomic mass is 19.1. The average Bonchev–Trinajstić information content (AvgIpc) is 2.71. The fourth-order valence-electron chi connectivity index (χ4n) is 2.35. The number of anilines is 2. The highest BCUT2D eigenvalue weighted by Crippen LogP contribution is 2.31. The van der Waals surface area contributed by atoms with Gasteiger partial charge in [-0.15, -0.1) is 0 Å². The van der Waals surface area contributed by atoms with Gasteiger partial charge in [0.15, 0.2) is 0 Å². The fourth-order valence-corrected chi connectivity index (χ4v) is 2.35. The Labute approximate surface area is 121 Å². The third-order valence-corrected chi connectivity index (χ3v) is 3.43. The molecule has 108 valence electrons. The van der Waals surface area contributed by atoms with Crippen molar-refractivity contribution in [2.45, 2.75) is 6.42 Å². The maximum absolute atomic E-state index is 13.6. The highest BCUT2D eigenvalue weighted by molar-refractivity contribution is 6.07. The molecule has 2 aromatic rings. The summed E-state index contributed by atoms with van der Waals surface area (Å²) in [4.78, 5) is 14.3. The van der Waals surface area contributed by atoms with E-state index in [1.165, 1.54) is 18.2 Å². The van der Waals surface area contributed by atoms with Crippen molar-refractivity contribution in [1.82, 2.24) is 0 Å². The Bertz CT molecular complexity index is 688. The number of para-hydroxylation sites is 2. The van der Waals surface area contributed by atoms with E-state index >= 15 is 0 Å². The molecular formula is C16H15FN2O2. The number of ether oxygens (including phenoxy) is 1. The van der Waals surface area contributed by atoms with Gasteiger partial charge in [-0.05, 0) is 36.8 Å². The van der Waals surface area contributed by atoms with Gasteiger partial charge in [-0.3, -0.25) is 4.79 Å². The second-order valence-corrected chi connectivity index (χ2v) is 4.86. The number of nitrogens with zero attached hydrogens (tertiary/aromatic N) is 1. The third kappa shape index (κ3) is 2.54. The number of rotatable bonds is 1. The first-order chi connectivity index (χ1) is 10.2. The molecule has 3 rings (SSSR count). The van der Waals surface area contributed by atoms with Crippen molar-refractivity contribution in [3.05, 3.63) is 53.8 Å². The van der Waals surface area contributed by atoms with Crippen LogP contribution in [0.2, 0.25) is 0 Å². The van der Waals surface area contributed by atoms with Gasteiger partial charge in [-0.1, -0.05) is 12.1 Å².